The average molecular weight is 586 g/mol. The zero-order valence-electron chi connectivity index (χ0n) is 24.2. The molecule has 0 bridgehead atoms. The van der Waals surface area contributed by atoms with Crippen molar-refractivity contribution in [3.05, 3.63) is 53.6 Å². The van der Waals surface area contributed by atoms with Crippen LogP contribution in [0.15, 0.2) is 47.6 Å². The first-order chi connectivity index (χ1) is 19.1. The molecule has 1 aliphatic heterocycles. The molecule has 220 valence electrons. The van der Waals surface area contributed by atoms with Gasteiger partial charge in [-0.25, -0.2) is 13.2 Å². The summed E-state index contributed by atoms with van der Waals surface area (Å²) in [6, 6.07) is 10.9. The fourth-order valence-corrected chi connectivity index (χ4v) is 5.80. The second-order valence-electron chi connectivity index (χ2n) is 11.8. The lowest BCUT2D eigenvalue weighted by Crippen LogP contribution is -2.45. The first-order valence-corrected chi connectivity index (χ1v) is 14.8. The van der Waals surface area contributed by atoms with Gasteiger partial charge in [-0.1, -0.05) is 23.3 Å². The molecule has 0 spiro atoms. The highest BCUT2D eigenvalue weighted by Gasteiger charge is 2.40. The Morgan fingerprint density at radius 1 is 1.02 bits per heavy atom. The topological polar surface area (TPSA) is 143 Å². The number of carbonyl (C=O) groups is 2. The molecule has 13 heteroatoms. The van der Waals surface area contributed by atoms with E-state index in [2.05, 4.69) is 15.5 Å². The number of tetrazole rings is 1. The van der Waals surface area contributed by atoms with Crippen LogP contribution >= 0.6 is 0 Å². The molecule has 3 aromatic rings. The Kier molecular flexibility index (Phi) is 8.12. The van der Waals surface area contributed by atoms with E-state index in [0.29, 0.717) is 23.2 Å². The predicted octanol–water partition coefficient (Wildman–Crippen LogP) is 3.93. The Bertz CT molecular complexity index is 1540. The molecule has 12 nitrogen and oxygen atoms in total. The standard InChI is InChI=1S/C28H35N5O7S/c1-27(2,3)24(34)39-23-15-18-13-14-32(26(35)40-28(4,5)6)21(20(18)16-22(23)38-7)17-41(36,37)25-29-30-31-33(25)19-11-9-8-10-12-19/h8-12,15-16,21H,13-14,17H2,1-7H3/t21-/m0/s1. The molecule has 0 unspecified atom stereocenters. The van der Waals surface area contributed by atoms with E-state index in [1.54, 1.807) is 84.0 Å². The Morgan fingerprint density at radius 2 is 1.71 bits per heavy atom. The average Bonchev–Trinajstić information content (AvgIpc) is 3.38. The highest BCUT2D eigenvalue weighted by molar-refractivity contribution is 7.91. The van der Waals surface area contributed by atoms with Gasteiger partial charge in [0.15, 0.2) is 11.5 Å². The van der Waals surface area contributed by atoms with Crippen LogP contribution in [0.4, 0.5) is 4.79 Å². The van der Waals surface area contributed by atoms with Crippen molar-refractivity contribution in [1.82, 2.24) is 25.1 Å². The van der Waals surface area contributed by atoms with Crippen molar-refractivity contribution in [2.75, 3.05) is 19.4 Å². The van der Waals surface area contributed by atoms with E-state index < -0.39 is 44.7 Å². The van der Waals surface area contributed by atoms with E-state index in [-0.39, 0.29) is 23.2 Å². The lowest BCUT2D eigenvalue weighted by atomic mass is 9.92. The van der Waals surface area contributed by atoms with Crippen LogP contribution in [-0.2, 0) is 25.8 Å². The third-order valence-corrected chi connectivity index (χ3v) is 7.89. The second-order valence-corrected chi connectivity index (χ2v) is 13.7. The van der Waals surface area contributed by atoms with Gasteiger partial charge in [-0.15, -0.1) is 0 Å². The van der Waals surface area contributed by atoms with Crippen molar-refractivity contribution >= 4 is 21.9 Å². The van der Waals surface area contributed by atoms with Gasteiger partial charge in [0, 0.05) is 6.54 Å². The number of ether oxygens (including phenoxy) is 3. The maximum Gasteiger partial charge on any atom is 0.410 e. The lowest BCUT2D eigenvalue weighted by Gasteiger charge is -2.38. The number of sulfone groups is 1. The van der Waals surface area contributed by atoms with Gasteiger partial charge in [0.1, 0.15) is 5.60 Å². The van der Waals surface area contributed by atoms with Crippen molar-refractivity contribution in [3.63, 3.8) is 0 Å². The molecule has 0 fully saturated rings. The van der Waals surface area contributed by atoms with Gasteiger partial charge in [-0.05, 0) is 93.8 Å². The number of para-hydroxylation sites is 1. The number of hydrogen-bond acceptors (Lipinski definition) is 10. The van der Waals surface area contributed by atoms with E-state index in [1.807, 2.05) is 0 Å². The molecule has 1 aliphatic rings. The molecule has 1 atom stereocenters. The molecule has 1 aromatic heterocycles. The molecule has 0 saturated carbocycles. The van der Waals surface area contributed by atoms with E-state index in [1.165, 1.54) is 12.0 Å². The van der Waals surface area contributed by atoms with Gasteiger partial charge >= 0.3 is 12.1 Å². The van der Waals surface area contributed by atoms with Gasteiger partial charge in [0.05, 0.1) is 30.0 Å². The minimum absolute atomic E-state index is 0.171. The lowest BCUT2D eigenvalue weighted by molar-refractivity contribution is -0.143. The summed E-state index contributed by atoms with van der Waals surface area (Å²) in [4.78, 5) is 27.4. The zero-order valence-corrected chi connectivity index (χ0v) is 25.1. The number of aromatic nitrogens is 4. The summed E-state index contributed by atoms with van der Waals surface area (Å²) in [5.74, 6) is -0.541. The molecule has 0 radical (unpaired) electrons. The van der Waals surface area contributed by atoms with Crippen LogP contribution in [-0.4, -0.2) is 70.6 Å². The molecule has 2 heterocycles. The minimum Gasteiger partial charge on any atom is -0.493 e. The summed E-state index contributed by atoms with van der Waals surface area (Å²) in [5, 5.41) is 10.9. The zero-order chi connectivity index (χ0) is 30.2. The van der Waals surface area contributed by atoms with Crippen molar-refractivity contribution in [2.45, 2.75) is 64.8 Å². The number of fused-ring (bicyclic) bond motifs is 1. The van der Waals surface area contributed by atoms with Crippen LogP contribution in [0.2, 0.25) is 0 Å². The molecule has 0 N–H and O–H groups in total. The number of nitrogens with zero attached hydrogens (tertiary/aromatic N) is 5. The summed E-state index contributed by atoms with van der Waals surface area (Å²) in [6.07, 6.45) is -0.287. The van der Waals surface area contributed by atoms with E-state index >= 15 is 0 Å². The monoisotopic (exact) mass is 585 g/mol. The summed E-state index contributed by atoms with van der Waals surface area (Å²) in [6.45, 7) is 10.6. The highest BCUT2D eigenvalue weighted by Crippen LogP contribution is 2.40. The molecular weight excluding hydrogens is 550 g/mol. The Morgan fingerprint density at radius 3 is 2.32 bits per heavy atom. The number of esters is 1. The molecule has 0 saturated heterocycles. The predicted molar refractivity (Wildman–Crippen MR) is 149 cm³/mol. The van der Waals surface area contributed by atoms with Gasteiger partial charge < -0.3 is 14.2 Å². The highest BCUT2D eigenvalue weighted by atomic mass is 32.2. The molecule has 41 heavy (non-hydrogen) atoms. The second kappa shape index (κ2) is 11.1. The normalized spacial score (nSPS) is 15.7. The SMILES string of the molecule is COc1cc2c(cc1OC(=O)C(C)(C)C)CCN(C(=O)OC(C)(C)C)[C@H]2CS(=O)(=O)c1nnnn1-c1ccccc1. The number of rotatable bonds is 6. The van der Waals surface area contributed by atoms with Gasteiger partial charge in [-0.3, -0.25) is 9.69 Å². The van der Waals surface area contributed by atoms with E-state index in [4.69, 9.17) is 14.2 Å². The molecule has 2 aromatic carbocycles. The van der Waals surface area contributed by atoms with Crippen LogP contribution in [0, 0.1) is 5.41 Å². The Labute approximate surface area is 239 Å². The van der Waals surface area contributed by atoms with E-state index in [9.17, 15) is 18.0 Å². The first kappa shape index (κ1) is 30.0. The molecular formula is C28H35N5O7S. The Balaban J connectivity index is 1.79. The quantitative estimate of drug-likeness (QED) is 0.308. The van der Waals surface area contributed by atoms with E-state index in [0.717, 1.165) is 4.68 Å². The molecule has 0 aliphatic carbocycles. The van der Waals surface area contributed by atoms with Crippen molar-refractivity contribution in [1.29, 1.82) is 0 Å². The van der Waals surface area contributed by atoms with Crippen molar-refractivity contribution in [3.8, 4) is 17.2 Å². The van der Waals surface area contributed by atoms with Crippen molar-refractivity contribution in [2.24, 2.45) is 5.41 Å². The van der Waals surface area contributed by atoms with Crippen LogP contribution in [0.25, 0.3) is 5.69 Å². The number of hydrogen-bond donors (Lipinski definition) is 0. The van der Waals surface area contributed by atoms with Crippen LogP contribution in [0.1, 0.15) is 58.7 Å². The fraction of sp³-hybridized carbons (Fsp3) is 0.464. The Hall–Kier alpha value is -4.00. The molecule has 1 amide bonds. The summed E-state index contributed by atoms with van der Waals surface area (Å²) in [7, 11) is -2.74. The van der Waals surface area contributed by atoms with Crippen LogP contribution in [0.5, 0.6) is 11.5 Å². The smallest absolute Gasteiger partial charge is 0.410 e. The van der Waals surface area contributed by atoms with Crippen LogP contribution in [0.3, 0.4) is 0 Å². The van der Waals surface area contributed by atoms with Gasteiger partial charge in [-0.2, -0.15) is 4.68 Å². The third-order valence-electron chi connectivity index (χ3n) is 6.32. The number of carbonyl (C=O) groups excluding carboxylic acids is 2. The first-order valence-electron chi connectivity index (χ1n) is 13.1. The summed E-state index contributed by atoms with van der Waals surface area (Å²) < 4.78 is 45.7. The minimum atomic E-state index is -4.17. The summed E-state index contributed by atoms with van der Waals surface area (Å²) >= 11 is 0. The fourth-order valence-electron chi connectivity index (χ4n) is 4.31. The summed E-state index contributed by atoms with van der Waals surface area (Å²) in [5.41, 5.74) is 0.146. The number of benzene rings is 2. The maximum atomic E-state index is 13.9. The van der Waals surface area contributed by atoms with Crippen molar-refractivity contribution < 1.29 is 32.2 Å². The van der Waals surface area contributed by atoms with Gasteiger partial charge in [0.25, 0.3) is 5.16 Å². The maximum absolute atomic E-state index is 13.9. The third kappa shape index (κ3) is 6.67. The number of amides is 1. The molecule has 4 rings (SSSR count). The largest absolute Gasteiger partial charge is 0.493 e. The van der Waals surface area contributed by atoms with Crippen LogP contribution < -0.4 is 9.47 Å². The number of methoxy groups -OCH3 is 1. The van der Waals surface area contributed by atoms with Gasteiger partial charge in [0.2, 0.25) is 9.84 Å².